The van der Waals surface area contributed by atoms with Crippen LogP contribution in [0.15, 0.2) is 12.4 Å². The molecule has 1 aliphatic rings. The third-order valence-corrected chi connectivity index (χ3v) is 4.32. The van der Waals surface area contributed by atoms with Crippen LogP contribution in [0.1, 0.15) is 56.4 Å². The van der Waals surface area contributed by atoms with Gasteiger partial charge in [-0.05, 0) is 24.2 Å². The summed E-state index contributed by atoms with van der Waals surface area (Å²) in [4.78, 5) is 19.3. The quantitative estimate of drug-likeness (QED) is 0.866. The molecule has 0 bridgehead atoms. The average Bonchev–Trinajstić information content (AvgIpc) is 2.46. The van der Waals surface area contributed by atoms with E-state index in [2.05, 4.69) is 29.1 Å². The minimum absolute atomic E-state index is 0.200. The molecule has 1 fully saturated rings. The molecular formula is C15H24N4O. The third kappa shape index (κ3) is 3.68. The average molecular weight is 276 g/mol. The van der Waals surface area contributed by atoms with Gasteiger partial charge in [0.25, 0.3) is 5.91 Å². The number of aromatic nitrogens is 2. The van der Waals surface area contributed by atoms with E-state index in [4.69, 9.17) is 5.73 Å². The Morgan fingerprint density at radius 1 is 1.35 bits per heavy atom. The Balaban J connectivity index is 1.96. The number of anilines is 1. The summed E-state index contributed by atoms with van der Waals surface area (Å²) in [5.74, 6) is 0.814. The topological polar surface area (TPSA) is 80.9 Å². The van der Waals surface area contributed by atoms with Crippen LogP contribution in [0.2, 0.25) is 0 Å². The van der Waals surface area contributed by atoms with E-state index in [9.17, 15) is 4.79 Å². The van der Waals surface area contributed by atoms with Crippen LogP contribution in [0.5, 0.6) is 0 Å². The van der Waals surface area contributed by atoms with Crippen LogP contribution in [0.3, 0.4) is 0 Å². The van der Waals surface area contributed by atoms with Gasteiger partial charge in [-0.2, -0.15) is 0 Å². The number of amides is 1. The molecule has 20 heavy (non-hydrogen) atoms. The summed E-state index contributed by atoms with van der Waals surface area (Å²) >= 11 is 0. The fraction of sp³-hybridized carbons (Fsp3) is 0.667. The van der Waals surface area contributed by atoms with E-state index < -0.39 is 5.91 Å². The lowest BCUT2D eigenvalue weighted by Crippen LogP contribution is -2.33. The molecule has 0 radical (unpaired) electrons. The van der Waals surface area contributed by atoms with Gasteiger partial charge in [0.2, 0.25) is 0 Å². The fourth-order valence-electron chi connectivity index (χ4n) is 2.92. The maximum Gasteiger partial charge on any atom is 0.268 e. The number of nitrogens with one attached hydrogen (secondary N) is 1. The van der Waals surface area contributed by atoms with E-state index in [-0.39, 0.29) is 11.1 Å². The molecule has 1 aromatic heterocycles. The maximum atomic E-state index is 11.1. The van der Waals surface area contributed by atoms with Crippen molar-refractivity contribution in [3.8, 4) is 0 Å². The van der Waals surface area contributed by atoms with Gasteiger partial charge in [0, 0.05) is 6.54 Å². The summed E-state index contributed by atoms with van der Waals surface area (Å²) in [6, 6.07) is 0. The molecular weight excluding hydrogens is 252 g/mol. The number of hydrogen-bond donors (Lipinski definition) is 2. The van der Waals surface area contributed by atoms with Gasteiger partial charge in [0.05, 0.1) is 12.4 Å². The van der Waals surface area contributed by atoms with Gasteiger partial charge in [0.15, 0.2) is 0 Å². The highest BCUT2D eigenvalue weighted by Gasteiger charge is 2.30. The molecule has 0 aliphatic heterocycles. The molecule has 0 spiro atoms. The smallest absolute Gasteiger partial charge is 0.268 e. The van der Waals surface area contributed by atoms with Crippen molar-refractivity contribution >= 4 is 11.7 Å². The maximum absolute atomic E-state index is 11.1. The van der Waals surface area contributed by atoms with Gasteiger partial charge in [-0.1, -0.05) is 33.1 Å². The molecule has 0 atom stereocenters. The molecule has 1 amide bonds. The molecule has 5 nitrogen and oxygen atoms in total. The first kappa shape index (κ1) is 14.8. The molecule has 2 rings (SSSR count). The minimum Gasteiger partial charge on any atom is -0.368 e. The molecule has 1 aromatic rings. The molecule has 0 aromatic carbocycles. The number of carbonyl (C=O) groups is 1. The lowest BCUT2D eigenvalue weighted by molar-refractivity contribution is 0.0995. The predicted molar refractivity (Wildman–Crippen MR) is 79.4 cm³/mol. The zero-order valence-electron chi connectivity index (χ0n) is 12.4. The predicted octanol–water partition coefficient (Wildman–Crippen LogP) is 2.59. The van der Waals surface area contributed by atoms with E-state index >= 15 is 0 Å². The van der Waals surface area contributed by atoms with Crippen LogP contribution < -0.4 is 11.1 Å². The largest absolute Gasteiger partial charge is 0.368 e. The van der Waals surface area contributed by atoms with E-state index in [1.54, 1.807) is 6.20 Å². The second-order valence-corrected chi connectivity index (χ2v) is 6.33. The number of nitrogens with two attached hydrogens (primary N) is 1. The highest BCUT2D eigenvalue weighted by molar-refractivity contribution is 5.90. The van der Waals surface area contributed by atoms with Gasteiger partial charge in [-0.3, -0.25) is 9.78 Å². The Morgan fingerprint density at radius 2 is 2.05 bits per heavy atom. The van der Waals surface area contributed by atoms with Crippen molar-refractivity contribution in [3.05, 3.63) is 18.1 Å². The van der Waals surface area contributed by atoms with Crippen LogP contribution in [-0.2, 0) is 0 Å². The summed E-state index contributed by atoms with van der Waals surface area (Å²) in [7, 11) is 0. The SMILES string of the molecule is CC(C)(CNc1cncc(C(N)=O)n1)C1CCCCC1. The molecule has 0 saturated heterocycles. The number of hydrogen-bond acceptors (Lipinski definition) is 4. The highest BCUT2D eigenvalue weighted by atomic mass is 16.1. The van der Waals surface area contributed by atoms with Gasteiger partial charge in [-0.25, -0.2) is 4.98 Å². The van der Waals surface area contributed by atoms with E-state index in [1.165, 1.54) is 38.3 Å². The second kappa shape index (κ2) is 6.20. The summed E-state index contributed by atoms with van der Waals surface area (Å²) < 4.78 is 0. The van der Waals surface area contributed by atoms with Crippen LogP contribution in [0.25, 0.3) is 0 Å². The van der Waals surface area contributed by atoms with E-state index in [0.717, 1.165) is 12.5 Å². The molecule has 110 valence electrons. The summed E-state index contributed by atoms with van der Waals surface area (Å²) in [6.45, 7) is 5.41. The number of primary amides is 1. The fourth-order valence-corrected chi connectivity index (χ4v) is 2.92. The van der Waals surface area contributed by atoms with Crippen molar-refractivity contribution in [2.24, 2.45) is 17.1 Å². The van der Waals surface area contributed by atoms with Crippen LogP contribution in [0.4, 0.5) is 5.82 Å². The minimum atomic E-state index is -0.548. The first-order chi connectivity index (χ1) is 9.49. The Hall–Kier alpha value is -1.65. The van der Waals surface area contributed by atoms with Crippen LogP contribution in [0, 0.1) is 11.3 Å². The number of nitrogens with zero attached hydrogens (tertiary/aromatic N) is 2. The Bertz CT molecular complexity index is 467. The lowest BCUT2D eigenvalue weighted by Gasteiger charge is -2.37. The molecule has 1 heterocycles. The second-order valence-electron chi connectivity index (χ2n) is 6.33. The molecule has 1 aliphatic carbocycles. The van der Waals surface area contributed by atoms with Crippen molar-refractivity contribution in [2.75, 3.05) is 11.9 Å². The summed E-state index contributed by atoms with van der Waals surface area (Å²) in [5, 5.41) is 3.30. The molecule has 3 N–H and O–H groups in total. The standard InChI is InChI=1S/C15H24N4O/c1-15(2,11-6-4-3-5-7-11)10-18-13-9-17-8-12(19-13)14(16)20/h8-9,11H,3-7,10H2,1-2H3,(H2,16,20)(H,18,19). The zero-order chi connectivity index (χ0) is 14.6. The van der Waals surface area contributed by atoms with Gasteiger partial charge in [0.1, 0.15) is 11.5 Å². The Labute approximate surface area is 120 Å². The first-order valence-electron chi connectivity index (χ1n) is 7.35. The summed E-state index contributed by atoms with van der Waals surface area (Å²) in [5.41, 5.74) is 5.62. The van der Waals surface area contributed by atoms with E-state index in [1.807, 2.05) is 0 Å². The Morgan fingerprint density at radius 3 is 2.70 bits per heavy atom. The van der Waals surface area contributed by atoms with Crippen LogP contribution in [-0.4, -0.2) is 22.4 Å². The van der Waals surface area contributed by atoms with Crippen molar-refractivity contribution in [2.45, 2.75) is 46.0 Å². The number of carbonyl (C=O) groups excluding carboxylic acids is 1. The number of rotatable bonds is 5. The normalized spacial score (nSPS) is 16.9. The highest BCUT2D eigenvalue weighted by Crippen LogP contribution is 2.38. The molecule has 5 heteroatoms. The monoisotopic (exact) mass is 276 g/mol. The van der Waals surface area contributed by atoms with Gasteiger partial charge >= 0.3 is 0 Å². The van der Waals surface area contributed by atoms with Crippen LogP contribution >= 0.6 is 0 Å². The van der Waals surface area contributed by atoms with Gasteiger partial charge in [-0.15, -0.1) is 0 Å². The van der Waals surface area contributed by atoms with E-state index in [0.29, 0.717) is 5.82 Å². The lowest BCUT2D eigenvalue weighted by atomic mass is 9.71. The Kier molecular flexibility index (Phi) is 4.57. The molecule has 0 unspecified atom stereocenters. The molecule has 1 saturated carbocycles. The van der Waals surface area contributed by atoms with Crippen molar-refractivity contribution < 1.29 is 4.79 Å². The van der Waals surface area contributed by atoms with Crippen molar-refractivity contribution in [1.29, 1.82) is 0 Å². The van der Waals surface area contributed by atoms with Gasteiger partial charge < -0.3 is 11.1 Å². The van der Waals surface area contributed by atoms with Crippen molar-refractivity contribution in [1.82, 2.24) is 9.97 Å². The summed E-state index contributed by atoms with van der Waals surface area (Å²) in [6.07, 6.45) is 9.68. The first-order valence-corrected chi connectivity index (χ1v) is 7.35. The zero-order valence-corrected chi connectivity index (χ0v) is 12.4. The third-order valence-electron chi connectivity index (χ3n) is 4.32. The van der Waals surface area contributed by atoms with Crippen molar-refractivity contribution in [3.63, 3.8) is 0 Å².